The molecule has 21 heavy (non-hydrogen) atoms. The lowest BCUT2D eigenvalue weighted by Gasteiger charge is -2.31. The first-order chi connectivity index (χ1) is 9.88. The lowest BCUT2D eigenvalue weighted by Crippen LogP contribution is -2.41. The van der Waals surface area contributed by atoms with Crippen molar-refractivity contribution in [2.45, 2.75) is 19.8 Å². The molecule has 1 atom stereocenters. The van der Waals surface area contributed by atoms with Gasteiger partial charge >= 0.3 is 12.0 Å². The molecule has 1 saturated heterocycles. The molecule has 0 aromatic heterocycles. The van der Waals surface area contributed by atoms with Crippen molar-refractivity contribution in [3.63, 3.8) is 0 Å². The van der Waals surface area contributed by atoms with Crippen molar-refractivity contribution in [3.05, 3.63) is 27.7 Å². The molecule has 5 nitrogen and oxygen atoms in total. The zero-order chi connectivity index (χ0) is 15.6. The maximum atomic E-state index is 12.2. The Morgan fingerprint density at radius 1 is 1.33 bits per heavy atom. The Hall–Kier alpha value is -1.46. The minimum absolute atomic E-state index is 0.0189. The van der Waals surface area contributed by atoms with E-state index in [9.17, 15) is 9.59 Å². The quantitative estimate of drug-likeness (QED) is 0.862. The summed E-state index contributed by atoms with van der Waals surface area (Å²) in [5.74, 6) is -0.661. The Bertz CT molecular complexity index is 554. The van der Waals surface area contributed by atoms with E-state index in [4.69, 9.17) is 28.3 Å². The van der Waals surface area contributed by atoms with Gasteiger partial charge in [-0.15, -0.1) is 0 Å². The van der Waals surface area contributed by atoms with Crippen molar-refractivity contribution >= 4 is 40.9 Å². The van der Waals surface area contributed by atoms with E-state index in [1.807, 2.05) is 0 Å². The average molecular weight is 331 g/mol. The van der Waals surface area contributed by atoms with Gasteiger partial charge in [-0.2, -0.15) is 0 Å². The molecule has 114 valence electrons. The summed E-state index contributed by atoms with van der Waals surface area (Å²) in [5, 5.41) is 11.8. The van der Waals surface area contributed by atoms with Crippen molar-refractivity contribution in [1.82, 2.24) is 4.90 Å². The monoisotopic (exact) mass is 330 g/mol. The molecule has 2 amide bonds. The number of benzene rings is 1. The van der Waals surface area contributed by atoms with E-state index in [0.29, 0.717) is 19.0 Å². The van der Waals surface area contributed by atoms with E-state index in [1.165, 1.54) is 12.1 Å². The Morgan fingerprint density at radius 3 is 2.48 bits per heavy atom. The van der Waals surface area contributed by atoms with Crippen LogP contribution in [-0.2, 0) is 0 Å². The van der Waals surface area contributed by atoms with Crippen LogP contribution in [0.3, 0.4) is 0 Å². The van der Waals surface area contributed by atoms with Crippen molar-refractivity contribution < 1.29 is 14.7 Å². The van der Waals surface area contributed by atoms with Gasteiger partial charge in [-0.3, -0.25) is 0 Å². The van der Waals surface area contributed by atoms with Crippen LogP contribution in [0, 0.1) is 5.92 Å². The first kappa shape index (κ1) is 15.9. The molecule has 1 fully saturated rings. The number of carbonyl (C=O) groups excluding carboxylic acids is 1. The molecule has 2 N–H and O–H groups in total. The third-order valence-electron chi connectivity index (χ3n) is 3.47. The van der Waals surface area contributed by atoms with Crippen molar-refractivity contribution in [1.29, 1.82) is 0 Å². The highest BCUT2D eigenvalue weighted by molar-refractivity contribution is 6.40. The van der Waals surface area contributed by atoms with E-state index >= 15 is 0 Å². The number of aromatic carboxylic acids is 1. The number of nitrogens with zero attached hydrogens (tertiary/aromatic N) is 1. The van der Waals surface area contributed by atoms with Crippen LogP contribution in [0.1, 0.15) is 30.1 Å². The zero-order valence-electron chi connectivity index (χ0n) is 11.5. The average Bonchev–Trinajstić information content (AvgIpc) is 2.42. The van der Waals surface area contributed by atoms with Crippen molar-refractivity contribution in [2.24, 2.45) is 5.92 Å². The van der Waals surface area contributed by atoms with Gasteiger partial charge in [0, 0.05) is 13.1 Å². The number of halogens is 2. The second-order valence-electron chi connectivity index (χ2n) is 5.24. The summed E-state index contributed by atoms with van der Waals surface area (Å²) >= 11 is 12.0. The van der Waals surface area contributed by atoms with Crippen LogP contribution < -0.4 is 5.32 Å². The summed E-state index contributed by atoms with van der Waals surface area (Å²) in [7, 11) is 0. The van der Waals surface area contributed by atoms with Crippen LogP contribution in [0.5, 0.6) is 0 Å². The smallest absolute Gasteiger partial charge is 0.335 e. The van der Waals surface area contributed by atoms with Gasteiger partial charge in [0.25, 0.3) is 0 Å². The molecular formula is C14H16Cl2N2O3. The predicted molar refractivity (Wildman–Crippen MR) is 82.4 cm³/mol. The fourth-order valence-corrected chi connectivity index (χ4v) is 2.96. The number of amides is 2. The van der Waals surface area contributed by atoms with Crippen molar-refractivity contribution in [2.75, 3.05) is 18.4 Å². The SMILES string of the molecule is CC1CCCN(C(=O)Nc2c(Cl)cc(C(=O)O)cc2Cl)C1. The van der Waals surface area contributed by atoms with E-state index in [-0.39, 0.29) is 27.3 Å². The third-order valence-corrected chi connectivity index (χ3v) is 4.06. The first-order valence-corrected chi connectivity index (χ1v) is 7.42. The van der Waals surface area contributed by atoms with Crippen LogP contribution in [0.2, 0.25) is 10.0 Å². The molecule has 0 bridgehead atoms. The molecule has 1 aromatic carbocycles. The molecular weight excluding hydrogens is 315 g/mol. The summed E-state index contributed by atoms with van der Waals surface area (Å²) in [5.41, 5.74) is 0.223. The number of nitrogens with one attached hydrogen (secondary N) is 1. The molecule has 0 radical (unpaired) electrons. The minimum Gasteiger partial charge on any atom is -0.478 e. The summed E-state index contributed by atoms with van der Waals surface area (Å²) in [6, 6.07) is 2.27. The first-order valence-electron chi connectivity index (χ1n) is 6.66. The van der Waals surface area contributed by atoms with Gasteiger partial charge in [-0.05, 0) is 30.9 Å². The molecule has 7 heteroatoms. The van der Waals surface area contributed by atoms with E-state index in [0.717, 1.165) is 12.8 Å². The third kappa shape index (κ3) is 3.80. The van der Waals surface area contributed by atoms with Gasteiger partial charge in [0.2, 0.25) is 0 Å². The Morgan fingerprint density at radius 2 is 1.95 bits per heavy atom. The highest BCUT2D eigenvalue weighted by Gasteiger charge is 2.22. The maximum absolute atomic E-state index is 12.2. The number of hydrogen-bond acceptors (Lipinski definition) is 2. The second kappa shape index (κ2) is 6.54. The van der Waals surface area contributed by atoms with Crippen LogP contribution in [0.4, 0.5) is 10.5 Å². The molecule has 0 aliphatic carbocycles. The lowest BCUT2D eigenvalue weighted by molar-refractivity contribution is 0.0697. The van der Waals surface area contributed by atoms with Gasteiger partial charge < -0.3 is 15.3 Å². The topological polar surface area (TPSA) is 69.6 Å². The highest BCUT2D eigenvalue weighted by atomic mass is 35.5. The van der Waals surface area contributed by atoms with E-state index in [1.54, 1.807) is 4.90 Å². The van der Waals surface area contributed by atoms with Crippen molar-refractivity contribution in [3.8, 4) is 0 Å². The molecule has 1 unspecified atom stereocenters. The maximum Gasteiger partial charge on any atom is 0.335 e. The fraction of sp³-hybridized carbons (Fsp3) is 0.429. The number of carbonyl (C=O) groups is 2. The zero-order valence-corrected chi connectivity index (χ0v) is 13.0. The standard InChI is InChI=1S/C14H16Cl2N2O3/c1-8-3-2-4-18(7-8)14(21)17-12-10(15)5-9(13(19)20)6-11(12)16/h5-6,8H,2-4,7H2,1H3,(H,17,21)(H,19,20). The number of hydrogen-bond donors (Lipinski definition) is 2. The van der Waals surface area contributed by atoms with Gasteiger partial charge in [0.15, 0.2) is 0 Å². The second-order valence-corrected chi connectivity index (χ2v) is 6.06. The number of rotatable bonds is 2. The van der Waals surface area contributed by atoms with Crippen LogP contribution in [0.25, 0.3) is 0 Å². The normalized spacial score (nSPS) is 18.4. The van der Waals surface area contributed by atoms with Crippen LogP contribution in [0.15, 0.2) is 12.1 Å². The molecule has 0 saturated carbocycles. The number of likely N-dealkylation sites (tertiary alicyclic amines) is 1. The predicted octanol–water partition coefficient (Wildman–Crippen LogP) is 3.96. The number of urea groups is 1. The Kier molecular flexibility index (Phi) is 4.96. The molecule has 1 heterocycles. The number of anilines is 1. The largest absolute Gasteiger partial charge is 0.478 e. The summed E-state index contributed by atoms with van der Waals surface area (Å²) in [4.78, 5) is 24.8. The molecule has 0 spiro atoms. The summed E-state index contributed by atoms with van der Waals surface area (Å²) in [6.45, 7) is 3.48. The number of carboxylic acid groups (broad SMARTS) is 1. The number of carboxylic acids is 1. The lowest BCUT2D eigenvalue weighted by atomic mass is 10.0. The van der Waals surface area contributed by atoms with Crippen LogP contribution in [-0.4, -0.2) is 35.1 Å². The van der Waals surface area contributed by atoms with Gasteiger partial charge in [0.1, 0.15) is 0 Å². The van der Waals surface area contributed by atoms with E-state index < -0.39 is 5.97 Å². The molecule has 1 aliphatic rings. The number of piperidine rings is 1. The van der Waals surface area contributed by atoms with Crippen LogP contribution >= 0.6 is 23.2 Å². The summed E-state index contributed by atoms with van der Waals surface area (Å²) in [6.07, 6.45) is 2.08. The molecule has 2 rings (SSSR count). The van der Waals surface area contributed by atoms with Gasteiger partial charge in [-0.25, -0.2) is 9.59 Å². The summed E-state index contributed by atoms with van der Waals surface area (Å²) < 4.78 is 0. The highest BCUT2D eigenvalue weighted by Crippen LogP contribution is 2.32. The van der Waals surface area contributed by atoms with Gasteiger partial charge in [0.05, 0.1) is 21.3 Å². The Labute approximate surface area is 132 Å². The fourth-order valence-electron chi connectivity index (χ4n) is 2.38. The Balaban J connectivity index is 2.15. The van der Waals surface area contributed by atoms with E-state index in [2.05, 4.69) is 12.2 Å². The molecule has 1 aliphatic heterocycles. The van der Waals surface area contributed by atoms with Gasteiger partial charge in [-0.1, -0.05) is 30.1 Å². The molecule has 1 aromatic rings. The minimum atomic E-state index is -1.12.